The second-order valence-corrected chi connectivity index (χ2v) is 22.7. The molecule has 7 aliphatic carbocycles. The molecular formula is C66H72BN3. The van der Waals surface area contributed by atoms with Crippen molar-refractivity contribution >= 4 is 23.6 Å². The van der Waals surface area contributed by atoms with Crippen molar-refractivity contribution in [1.29, 1.82) is 0 Å². The van der Waals surface area contributed by atoms with E-state index in [1.54, 1.807) is 16.5 Å². The summed E-state index contributed by atoms with van der Waals surface area (Å²) in [6, 6.07) is 28.8. The maximum absolute atomic E-state index is 2.96. The average molecular weight is 918 g/mol. The lowest BCUT2D eigenvalue weighted by molar-refractivity contribution is 0.350. The lowest BCUT2D eigenvalue weighted by Crippen LogP contribution is -2.64. The van der Waals surface area contributed by atoms with E-state index in [0.717, 1.165) is 44.9 Å². The summed E-state index contributed by atoms with van der Waals surface area (Å²) in [5.74, 6) is 0.834. The van der Waals surface area contributed by atoms with E-state index in [1.165, 1.54) is 82.8 Å². The molecule has 0 saturated heterocycles. The second-order valence-electron chi connectivity index (χ2n) is 22.7. The van der Waals surface area contributed by atoms with Gasteiger partial charge in [-0.05, 0) is 121 Å². The van der Waals surface area contributed by atoms with E-state index in [1.807, 2.05) is 0 Å². The molecule has 3 aromatic rings. The lowest BCUT2D eigenvalue weighted by atomic mass is 9.27. The molecular weight excluding hydrogens is 846 g/mol. The summed E-state index contributed by atoms with van der Waals surface area (Å²) < 4.78 is 0. The molecule has 12 rings (SSSR count). The van der Waals surface area contributed by atoms with Gasteiger partial charge < -0.3 is 14.7 Å². The molecule has 0 radical (unpaired) electrons. The SMILES string of the molecule is CC(C)(C1=CC2C(C=C1)B1C3=CC=C(N(C4=CCCC=C4)C4C=CC=CC4)CC3N(C3=CCCC=C3)c3cc(C4CCCCC4)cc(c31)N2C1C=CC=C(C(C)(C)c2ccccc2)C1)c1ccccc1. The fraction of sp³-hybridized carbons (Fsp3) is 0.364. The summed E-state index contributed by atoms with van der Waals surface area (Å²) in [4.78, 5) is 8.53. The normalized spacial score (nSPS) is 26.1. The summed E-state index contributed by atoms with van der Waals surface area (Å²) in [5, 5.41) is 0. The largest absolute Gasteiger partial charge is 0.359 e. The van der Waals surface area contributed by atoms with Crippen molar-refractivity contribution in [2.75, 3.05) is 9.80 Å². The van der Waals surface area contributed by atoms with Crippen molar-refractivity contribution < 1.29 is 0 Å². The molecule has 354 valence electrons. The van der Waals surface area contributed by atoms with E-state index in [-0.39, 0.29) is 41.5 Å². The Bertz CT molecular complexity index is 2880. The maximum atomic E-state index is 2.96. The fourth-order valence-electron chi connectivity index (χ4n) is 14.0. The maximum Gasteiger partial charge on any atom is 0.221 e. The minimum Gasteiger partial charge on any atom is -0.359 e. The van der Waals surface area contributed by atoms with Crippen molar-refractivity contribution in [3.63, 3.8) is 0 Å². The minimum absolute atomic E-state index is 0.101. The predicted molar refractivity (Wildman–Crippen MR) is 298 cm³/mol. The summed E-state index contributed by atoms with van der Waals surface area (Å²) in [7, 11) is 0. The molecule has 70 heavy (non-hydrogen) atoms. The molecule has 2 aliphatic heterocycles. The topological polar surface area (TPSA) is 9.72 Å². The number of fused-ring (bicyclic) bond motifs is 4. The van der Waals surface area contributed by atoms with Gasteiger partial charge in [-0.2, -0.15) is 0 Å². The highest BCUT2D eigenvalue weighted by atomic mass is 15.2. The third-order valence-corrected chi connectivity index (χ3v) is 18.0. The zero-order chi connectivity index (χ0) is 47.4. The number of anilines is 2. The molecule has 0 N–H and O–H groups in total. The average Bonchev–Trinajstić information content (AvgIpc) is 3.42. The summed E-state index contributed by atoms with van der Waals surface area (Å²) in [6.07, 6.45) is 58.5. The van der Waals surface area contributed by atoms with Crippen LogP contribution in [0.3, 0.4) is 0 Å². The van der Waals surface area contributed by atoms with Crippen molar-refractivity contribution in [3.05, 3.63) is 233 Å². The van der Waals surface area contributed by atoms with Crippen LogP contribution in [0.1, 0.15) is 127 Å². The zero-order valence-corrected chi connectivity index (χ0v) is 42.2. The predicted octanol–water partition coefficient (Wildman–Crippen LogP) is 15.3. The highest BCUT2D eigenvalue weighted by Gasteiger charge is 2.54. The highest BCUT2D eigenvalue weighted by molar-refractivity contribution is 6.85. The number of benzene rings is 3. The van der Waals surface area contributed by atoms with E-state index in [0.29, 0.717) is 12.0 Å². The van der Waals surface area contributed by atoms with E-state index < -0.39 is 0 Å². The van der Waals surface area contributed by atoms with Gasteiger partial charge in [0.2, 0.25) is 6.71 Å². The number of hydrogen-bond acceptors (Lipinski definition) is 3. The first-order chi connectivity index (χ1) is 34.3. The Morgan fingerprint density at radius 1 is 0.657 bits per heavy atom. The van der Waals surface area contributed by atoms with Gasteiger partial charge in [0.15, 0.2) is 0 Å². The van der Waals surface area contributed by atoms with Crippen LogP contribution in [0.2, 0.25) is 5.82 Å². The van der Waals surface area contributed by atoms with Crippen LogP contribution in [0.5, 0.6) is 0 Å². The Hall–Kier alpha value is -6.00. The standard InChI is InChI=1S/C66H72BN3/c1-65(2,49-26-13-6-14-27-49)51-30-23-37-56(44-51)70-60-45-52(66(3,4)50-28-15-7-16-29-50)38-40-58(60)67-59-41-39-57(68(53-31-17-8-18-32-53)54-33-19-9-20-34-54)46-61(59)69(55-35-21-10-22-36-55)62-42-48(43-63(70)64(62)67)47-24-11-5-12-25-47/h6-8,13-19,21,23,26-31,33-43,45,47,53,56,58,60-61H,5,9-12,20,22,24-25,32,44,46H2,1-4H3. The van der Waals surface area contributed by atoms with Gasteiger partial charge in [-0.3, -0.25) is 0 Å². The highest BCUT2D eigenvalue weighted by Crippen LogP contribution is 2.53. The van der Waals surface area contributed by atoms with Crippen molar-refractivity contribution in [2.24, 2.45) is 0 Å². The molecule has 3 nitrogen and oxygen atoms in total. The Labute approximate surface area is 420 Å². The Morgan fingerprint density at radius 3 is 2.11 bits per heavy atom. The van der Waals surface area contributed by atoms with Gasteiger partial charge >= 0.3 is 0 Å². The molecule has 1 fully saturated rings. The molecule has 1 saturated carbocycles. The van der Waals surface area contributed by atoms with E-state index >= 15 is 0 Å². The molecule has 5 unspecified atom stereocenters. The summed E-state index contributed by atoms with van der Waals surface area (Å²) in [6.45, 7) is 10.0. The molecule has 9 aliphatic rings. The van der Waals surface area contributed by atoms with Gasteiger partial charge in [-0.1, -0.05) is 210 Å². The molecule has 3 aromatic carbocycles. The van der Waals surface area contributed by atoms with Crippen LogP contribution in [-0.4, -0.2) is 35.8 Å². The van der Waals surface area contributed by atoms with Gasteiger partial charge in [0.1, 0.15) is 0 Å². The number of nitrogens with zero attached hydrogens (tertiary/aromatic N) is 3. The first kappa shape index (κ1) is 45.2. The monoisotopic (exact) mass is 918 g/mol. The van der Waals surface area contributed by atoms with Crippen molar-refractivity contribution in [1.82, 2.24) is 4.90 Å². The van der Waals surface area contributed by atoms with Crippen molar-refractivity contribution in [2.45, 2.75) is 151 Å². The molecule has 5 atom stereocenters. The summed E-state index contributed by atoms with van der Waals surface area (Å²) in [5.41, 5.74) is 17.2. The van der Waals surface area contributed by atoms with E-state index in [9.17, 15) is 0 Å². The smallest absolute Gasteiger partial charge is 0.221 e. The van der Waals surface area contributed by atoms with Gasteiger partial charge in [0, 0.05) is 51.8 Å². The Morgan fingerprint density at radius 2 is 1.40 bits per heavy atom. The molecule has 0 amide bonds. The fourth-order valence-corrected chi connectivity index (χ4v) is 14.0. The van der Waals surface area contributed by atoms with Crippen molar-refractivity contribution in [3.8, 4) is 0 Å². The van der Waals surface area contributed by atoms with Crippen LogP contribution < -0.4 is 15.3 Å². The molecule has 0 bridgehead atoms. The minimum atomic E-state index is -0.158. The van der Waals surface area contributed by atoms with Crippen LogP contribution in [0.25, 0.3) is 0 Å². The number of allylic oxidation sites excluding steroid dienone is 14. The van der Waals surface area contributed by atoms with Crippen LogP contribution in [-0.2, 0) is 10.8 Å². The summed E-state index contributed by atoms with van der Waals surface area (Å²) >= 11 is 0. The lowest BCUT2D eigenvalue weighted by Gasteiger charge is -2.56. The first-order valence-corrected chi connectivity index (χ1v) is 27.2. The zero-order valence-electron chi connectivity index (χ0n) is 42.2. The van der Waals surface area contributed by atoms with Crippen LogP contribution in [0.15, 0.2) is 216 Å². The third-order valence-electron chi connectivity index (χ3n) is 18.0. The first-order valence-electron chi connectivity index (χ1n) is 27.2. The van der Waals surface area contributed by atoms with Crippen LogP contribution in [0.4, 0.5) is 11.4 Å². The Kier molecular flexibility index (Phi) is 12.0. The van der Waals surface area contributed by atoms with E-state index in [4.69, 9.17) is 0 Å². The number of hydrogen-bond donors (Lipinski definition) is 0. The van der Waals surface area contributed by atoms with Gasteiger partial charge in [0.25, 0.3) is 0 Å². The quantitative estimate of drug-likeness (QED) is 0.188. The third kappa shape index (κ3) is 7.98. The molecule has 4 heteroatoms. The number of rotatable bonds is 10. The van der Waals surface area contributed by atoms with Crippen LogP contribution >= 0.6 is 0 Å². The van der Waals surface area contributed by atoms with Gasteiger partial charge in [0.05, 0.1) is 18.1 Å². The second kappa shape index (κ2) is 18.6. The molecule has 2 heterocycles. The molecule has 0 spiro atoms. The van der Waals surface area contributed by atoms with Gasteiger partial charge in [-0.25, -0.2) is 0 Å². The van der Waals surface area contributed by atoms with Gasteiger partial charge in [-0.15, -0.1) is 0 Å². The van der Waals surface area contributed by atoms with Crippen LogP contribution in [0, 0.1) is 0 Å². The Balaban J connectivity index is 1.07. The van der Waals surface area contributed by atoms with E-state index in [2.05, 4.69) is 225 Å². The molecule has 0 aromatic heterocycles.